The van der Waals surface area contributed by atoms with Crippen LogP contribution in [0.2, 0.25) is 10.0 Å². The van der Waals surface area contributed by atoms with Gasteiger partial charge in [-0.2, -0.15) is 4.74 Å². The first-order chi connectivity index (χ1) is 10.9. The molecule has 0 bridgehead atoms. The summed E-state index contributed by atoms with van der Waals surface area (Å²) in [6.07, 6.45) is 0. The van der Waals surface area contributed by atoms with Crippen LogP contribution in [0.25, 0.3) is 11.0 Å². The second-order valence-corrected chi connectivity index (χ2v) is 5.93. The zero-order valence-corrected chi connectivity index (χ0v) is 13.6. The molecule has 0 fully saturated rings. The number of carbonyl (C=O) groups is 1. The van der Waals surface area contributed by atoms with Crippen molar-refractivity contribution in [3.8, 4) is 0 Å². The zero-order valence-electron chi connectivity index (χ0n) is 12.1. The van der Waals surface area contributed by atoms with Crippen LogP contribution < -0.4 is 10.9 Å². The van der Waals surface area contributed by atoms with Crippen LogP contribution in [0.5, 0.6) is 0 Å². The highest BCUT2D eigenvalue weighted by Crippen LogP contribution is 2.26. The molecule has 23 heavy (non-hydrogen) atoms. The van der Waals surface area contributed by atoms with Gasteiger partial charge < -0.3 is 9.84 Å². The first-order valence-corrected chi connectivity index (χ1v) is 7.55. The first-order valence-electron chi connectivity index (χ1n) is 6.79. The molecule has 1 aromatic heterocycles. The van der Waals surface area contributed by atoms with Crippen molar-refractivity contribution in [2.45, 2.75) is 13.5 Å². The molecule has 5 nitrogen and oxygen atoms in total. The van der Waals surface area contributed by atoms with Crippen LogP contribution in [0.1, 0.15) is 5.56 Å². The van der Waals surface area contributed by atoms with E-state index in [9.17, 15) is 9.59 Å². The van der Waals surface area contributed by atoms with Gasteiger partial charge in [0.15, 0.2) is 5.58 Å². The lowest BCUT2D eigenvalue weighted by molar-refractivity contribution is -0.117. The molecular weight excluding hydrogens is 339 g/mol. The fourth-order valence-corrected chi connectivity index (χ4v) is 2.54. The lowest BCUT2D eigenvalue weighted by atomic mass is 10.2. The Balaban J connectivity index is 1.85. The third-order valence-electron chi connectivity index (χ3n) is 3.28. The van der Waals surface area contributed by atoms with E-state index in [0.717, 1.165) is 10.3 Å². The van der Waals surface area contributed by atoms with E-state index in [0.29, 0.717) is 5.69 Å². The molecule has 0 unspecified atom stereocenters. The number of hydrogen-bond donors (Lipinski definition) is 1. The number of hydrogen-bond acceptors (Lipinski definition) is 3. The predicted octanol–water partition coefficient (Wildman–Crippen LogP) is 3.85. The fraction of sp³-hybridized carbons (Fsp3) is 0.125. The third kappa shape index (κ3) is 3.25. The highest BCUT2D eigenvalue weighted by Gasteiger charge is 2.14. The van der Waals surface area contributed by atoms with E-state index < -0.39 is 5.56 Å². The molecule has 118 valence electrons. The number of nitrogens with zero attached hydrogens (tertiary/aromatic N) is 1. The highest BCUT2D eigenvalue weighted by atomic mass is 35.5. The zero-order chi connectivity index (χ0) is 16.6. The van der Waals surface area contributed by atoms with Gasteiger partial charge in [-0.25, -0.2) is 0 Å². The van der Waals surface area contributed by atoms with Crippen molar-refractivity contribution in [3.05, 3.63) is 62.4 Å². The van der Waals surface area contributed by atoms with E-state index in [1.54, 1.807) is 6.07 Å². The summed E-state index contributed by atoms with van der Waals surface area (Å²) in [7, 11) is 0. The lowest BCUT2D eigenvalue weighted by Gasteiger charge is -2.05. The second-order valence-electron chi connectivity index (χ2n) is 5.11. The highest BCUT2D eigenvalue weighted by molar-refractivity contribution is 6.42. The van der Waals surface area contributed by atoms with Gasteiger partial charge in [-0.05, 0) is 30.7 Å². The summed E-state index contributed by atoms with van der Waals surface area (Å²) >= 11 is 11.8. The normalized spacial score (nSPS) is 10.9. The van der Waals surface area contributed by atoms with Crippen LogP contribution in [0.4, 0.5) is 5.69 Å². The molecule has 3 rings (SSSR count). The maximum Gasteiger partial charge on any atom is 0.290 e. The molecule has 0 aliphatic carbocycles. The Labute approximate surface area is 141 Å². The Morgan fingerprint density at radius 1 is 1.22 bits per heavy atom. The number of benzene rings is 2. The number of amides is 1. The number of carbonyl (C=O) groups excluding carboxylic acids is 1. The molecule has 0 saturated carbocycles. The predicted molar refractivity (Wildman–Crippen MR) is 90.3 cm³/mol. The topological polar surface area (TPSA) is 64.2 Å². The van der Waals surface area contributed by atoms with Crippen molar-refractivity contribution in [1.29, 1.82) is 0 Å². The quantitative estimate of drug-likeness (QED) is 0.780. The Morgan fingerprint density at radius 2 is 1.96 bits per heavy atom. The molecule has 7 heteroatoms. The smallest absolute Gasteiger partial charge is 0.290 e. The Hall–Kier alpha value is -2.24. The Bertz CT molecular complexity index is 960. The van der Waals surface area contributed by atoms with Crippen molar-refractivity contribution in [2.75, 3.05) is 5.32 Å². The maximum atomic E-state index is 12.2. The van der Waals surface area contributed by atoms with Gasteiger partial charge in [0.05, 0.1) is 15.4 Å². The minimum absolute atomic E-state index is 0.239. The molecule has 0 spiro atoms. The number of anilines is 1. The van der Waals surface area contributed by atoms with E-state index in [1.165, 1.54) is 12.1 Å². The molecule has 1 N–H and O–H groups in total. The SMILES string of the molecule is Cc1cccc(NC(=O)Cn2oc3cc(Cl)c(Cl)cc3c2=O)c1. The minimum Gasteiger partial charge on any atom is -0.375 e. The van der Waals surface area contributed by atoms with Gasteiger partial charge in [-0.3, -0.25) is 9.59 Å². The minimum atomic E-state index is -0.432. The fourth-order valence-electron chi connectivity index (χ4n) is 2.22. The van der Waals surface area contributed by atoms with E-state index in [2.05, 4.69) is 5.32 Å². The van der Waals surface area contributed by atoms with Crippen LogP contribution in [0, 0.1) is 6.92 Å². The van der Waals surface area contributed by atoms with Gasteiger partial charge in [0.1, 0.15) is 6.54 Å². The number of fused-ring (bicyclic) bond motifs is 1. The van der Waals surface area contributed by atoms with Crippen LogP contribution >= 0.6 is 23.2 Å². The van der Waals surface area contributed by atoms with E-state index in [1.807, 2.05) is 25.1 Å². The molecular formula is C16H12Cl2N2O3. The average Bonchev–Trinajstić information content (AvgIpc) is 2.76. The summed E-state index contributed by atoms with van der Waals surface area (Å²) in [5, 5.41) is 3.53. The number of rotatable bonds is 3. The van der Waals surface area contributed by atoms with Gasteiger partial charge in [0, 0.05) is 11.8 Å². The standard InChI is InChI=1S/C16H12Cl2N2O3/c1-9-3-2-4-10(5-9)19-15(21)8-20-16(22)11-6-12(17)13(18)7-14(11)23-20/h2-7H,8H2,1H3,(H,19,21). The summed E-state index contributed by atoms with van der Waals surface area (Å²) in [6, 6.07) is 10.2. The Morgan fingerprint density at radius 3 is 2.70 bits per heavy atom. The molecule has 1 heterocycles. The van der Waals surface area contributed by atoms with Crippen molar-refractivity contribution >= 4 is 45.8 Å². The summed E-state index contributed by atoms with van der Waals surface area (Å²) < 4.78 is 6.34. The second kappa shape index (κ2) is 6.10. The number of halogens is 2. The van der Waals surface area contributed by atoms with Gasteiger partial charge in [0.25, 0.3) is 5.56 Å². The van der Waals surface area contributed by atoms with Gasteiger partial charge in [-0.15, -0.1) is 0 Å². The van der Waals surface area contributed by atoms with Crippen molar-refractivity contribution in [3.63, 3.8) is 0 Å². The molecule has 0 aliphatic rings. The average molecular weight is 351 g/mol. The van der Waals surface area contributed by atoms with E-state index in [-0.39, 0.29) is 33.5 Å². The van der Waals surface area contributed by atoms with Crippen molar-refractivity contribution < 1.29 is 9.32 Å². The lowest BCUT2D eigenvalue weighted by Crippen LogP contribution is -2.24. The molecule has 0 aliphatic heterocycles. The first kappa shape index (κ1) is 15.6. The molecule has 1 amide bonds. The molecule has 2 aromatic carbocycles. The number of aryl methyl sites for hydroxylation is 1. The van der Waals surface area contributed by atoms with Crippen LogP contribution in [0.3, 0.4) is 0 Å². The summed E-state index contributed by atoms with van der Waals surface area (Å²) in [4.78, 5) is 24.3. The summed E-state index contributed by atoms with van der Waals surface area (Å²) in [6.45, 7) is 1.68. The van der Waals surface area contributed by atoms with E-state index >= 15 is 0 Å². The van der Waals surface area contributed by atoms with Crippen molar-refractivity contribution in [1.82, 2.24) is 4.74 Å². The monoisotopic (exact) mass is 350 g/mol. The Kier molecular flexibility index (Phi) is 4.15. The van der Waals surface area contributed by atoms with Gasteiger partial charge >= 0.3 is 0 Å². The largest absolute Gasteiger partial charge is 0.375 e. The molecule has 3 aromatic rings. The summed E-state index contributed by atoms with van der Waals surface area (Å²) in [5.74, 6) is -0.367. The van der Waals surface area contributed by atoms with Crippen molar-refractivity contribution in [2.24, 2.45) is 0 Å². The number of aromatic nitrogens is 1. The van der Waals surface area contributed by atoms with Gasteiger partial charge in [0.2, 0.25) is 5.91 Å². The molecule has 0 radical (unpaired) electrons. The number of nitrogens with one attached hydrogen (secondary N) is 1. The molecule has 0 atom stereocenters. The summed E-state index contributed by atoms with van der Waals surface area (Å²) in [5.41, 5.74) is 1.53. The van der Waals surface area contributed by atoms with Crippen LogP contribution in [-0.2, 0) is 11.3 Å². The van der Waals surface area contributed by atoms with Gasteiger partial charge in [-0.1, -0.05) is 35.3 Å². The van der Waals surface area contributed by atoms with E-state index in [4.69, 9.17) is 27.7 Å². The third-order valence-corrected chi connectivity index (χ3v) is 4.00. The van der Waals surface area contributed by atoms with Crippen LogP contribution in [-0.4, -0.2) is 10.6 Å². The molecule has 0 saturated heterocycles. The maximum absolute atomic E-state index is 12.2. The van der Waals surface area contributed by atoms with Crippen LogP contribution in [0.15, 0.2) is 45.7 Å².